The molecule has 23 heavy (non-hydrogen) atoms. The van der Waals surface area contributed by atoms with Crippen molar-refractivity contribution in [2.75, 3.05) is 18.5 Å². The fourth-order valence-electron chi connectivity index (χ4n) is 3.14. The lowest BCUT2D eigenvalue weighted by Crippen LogP contribution is -2.48. The summed E-state index contributed by atoms with van der Waals surface area (Å²) >= 11 is 0. The van der Waals surface area contributed by atoms with Gasteiger partial charge in [-0.05, 0) is 44.6 Å². The maximum Gasteiger partial charge on any atom is 0.256 e. The van der Waals surface area contributed by atoms with Crippen LogP contribution in [0.25, 0.3) is 0 Å². The van der Waals surface area contributed by atoms with Crippen LogP contribution in [0.1, 0.15) is 52.9 Å². The van der Waals surface area contributed by atoms with E-state index in [1.54, 1.807) is 12.3 Å². The van der Waals surface area contributed by atoms with E-state index in [9.17, 15) is 4.79 Å². The Labute approximate surface area is 138 Å². The number of pyridine rings is 1. The predicted octanol–water partition coefficient (Wildman–Crippen LogP) is 3.79. The van der Waals surface area contributed by atoms with Gasteiger partial charge in [-0.3, -0.25) is 4.79 Å². The van der Waals surface area contributed by atoms with Crippen molar-refractivity contribution in [2.45, 2.75) is 58.5 Å². The van der Waals surface area contributed by atoms with Gasteiger partial charge in [-0.1, -0.05) is 20.3 Å². The van der Waals surface area contributed by atoms with E-state index in [1.165, 1.54) is 0 Å². The molecule has 0 unspecified atom stereocenters. The normalized spacial score (nSPS) is 24.2. The minimum absolute atomic E-state index is 0.0524. The fourth-order valence-corrected chi connectivity index (χ4v) is 3.14. The third-order valence-corrected chi connectivity index (χ3v) is 4.24. The van der Waals surface area contributed by atoms with Crippen molar-refractivity contribution in [1.82, 2.24) is 4.98 Å². The molecular weight excluding hydrogens is 292 g/mol. The van der Waals surface area contributed by atoms with E-state index < -0.39 is 5.60 Å². The number of hydrogen-bond acceptors (Lipinski definition) is 4. The summed E-state index contributed by atoms with van der Waals surface area (Å²) in [5.41, 5.74) is -0.0251. The summed E-state index contributed by atoms with van der Waals surface area (Å²) in [6.07, 6.45) is 6.29. The second-order valence-electron chi connectivity index (χ2n) is 6.32. The van der Waals surface area contributed by atoms with Gasteiger partial charge in [-0.15, -0.1) is 0 Å². The Balaban J connectivity index is 2.07. The van der Waals surface area contributed by atoms with E-state index in [4.69, 9.17) is 9.47 Å². The molecule has 0 spiro atoms. The highest BCUT2D eigenvalue weighted by Crippen LogP contribution is 2.36. The summed E-state index contributed by atoms with van der Waals surface area (Å²) in [7, 11) is 0. The molecule has 1 aromatic heterocycles. The zero-order valence-electron chi connectivity index (χ0n) is 14.4. The van der Waals surface area contributed by atoms with Crippen molar-refractivity contribution in [3.05, 3.63) is 18.3 Å². The molecule has 2 atom stereocenters. The van der Waals surface area contributed by atoms with E-state index >= 15 is 0 Å². The van der Waals surface area contributed by atoms with Gasteiger partial charge in [0.25, 0.3) is 5.91 Å². The molecule has 5 heteroatoms. The van der Waals surface area contributed by atoms with Crippen molar-refractivity contribution in [1.29, 1.82) is 0 Å². The van der Waals surface area contributed by atoms with Crippen LogP contribution in [-0.4, -0.2) is 29.7 Å². The highest BCUT2D eigenvalue weighted by molar-refractivity contribution is 5.97. The van der Waals surface area contributed by atoms with Gasteiger partial charge in [0.2, 0.25) is 5.88 Å². The van der Waals surface area contributed by atoms with Crippen LogP contribution < -0.4 is 10.1 Å². The van der Waals surface area contributed by atoms with E-state index in [2.05, 4.69) is 24.1 Å². The van der Waals surface area contributed by atoms with Gasteiger partial charge in [-0.2, -0.15) is 0 Å². The summed E-state index contributed by atoms with van der Waals surface area (Å²) in [6.45, 7) is 7.35. The number of carbonyl (C=O) groups is 1. The highest BCUT2D eigenvalue weighted by Gasteiger charge is 2.42. The standard InChI is InChI=1S/C18H28N2O3/c1-4-11-23-18(10-6-7-14(3)12-18)17(21)20-15-8-9-16(19-13-15)22-5-2/h8-9,13-14H,4-7,10-12H2,1-3H3,(H,20,21)/t14-,18+/m0/s1. The van der Waals surface area contributed by atoms with Gasteiger partial charge < -0.3 is 14.8 Å². The molecule has 0 bridgehead atoms. The highest BCUT2D eigenvalue weighted by atomic mass is 16.5. The minimum Gasteiger partial charge on any atom is -0.478 e. The molecule has 1 saturated carbocycles. The summed E-state index contributed by atoms with van der Waals surface area (Å²) in [6, 6.07) is 3.58. The Kier molecular flexibility index (Phi) is 6.39. The maximum absolute atomic E-state index is 12.9. The molecule has 1 aliphatic carbocycles. The van der Waals surface area contributed by atoms with Crippen LogP contribution in [0.15, 0.2) is 18.3 Å². The molecule has 0 aromatic carbocycles. The van der Waals surface area contributed by atoms with Crippen LogP contribution in [0.5, 0.6) is 5.88 Å². The molecule has 5 nitrogen and oxygen atoms in total. The molecule has 1 fully saturated rings. The summed E-state index contributed by atoms with van der Waals surface area (Å²) in [4.78, 5) is 17.0. The van der Waals surface area contributed by atoms with Crippen molar-refractivity contribution in [3.8, 4) is 5.88 Å². The van der Waals surface area contributed by atoms with Crippen molar-refractivity contribution in [2.24, 2.45) is 5.92 Å². The topological polar surface area (TPSA) is 60.5 Å². The van der Waals surface area contributed by atoms with Gasteiger partial charge >= 0.3 is 0 Å². The number of rotatable bonds is 7. The molecule has 1 aliphatic rings. The first kappa shape index (κ1) is 17.7. The Morgan fingerprint density at radius 2 is 2.26 bits per heavy atom. The number of carbonyl (C=O) groups excluding carboxylic acids is 1. The van der Waals surface area contributed by atoms with Crippen LogP contribution in [0.4, 0.5) is 5.69 Å². The van der Waals surface area contributed by atoms with E-state index in [-0.39, 0.29) is 5.91 Å². The summed E-state index contributed by atoms with van der Waals surface area (Å²) in [5.74, 6) is 1.02. The molecule has 0 saturated heterocycles. The summed E-state index contributed by atoms with van der Waals surface area (Å²) in [5, 5.41) is 2.97. The molecule has 1 aromatic rings. The molecule has 2 rings (SSSR count). The molecule has 128 valence electrons. The lowest BCUT2D eigenvalue weighted by molar-refractivity contribution is -0.148. The first-order valence-electron chi connectivity index (χ1n) is 8.64. The third kappa shape index (κ3) is 4.67. The number of ether oxygens (including phenoxy) is 2. The first-order chi connectivity index (χ1) is 11.1. The molecule has 1 N–H and O–H groups in total. The third-order valence-electron chi connectivity index (χ3n) is 4.24. The average Bonchev–Trinajstić information content (AvgIpc) is 2.55. The smallest absolute Gasteiger partial charge is 0.256 e. The largest absolute Gasteiger partial charge is 0.478 e. The van der Waals surface area contributed by atoms with Crippen LogP contribution in [0.3, 0.4) is 0 Å². The number of nitrogens with zero attached hydrogens (tertiary/aromatic N) is 1. The van der Waals surface area contributed by atoms with Crippen LogP contribution in [0.2, 0.25) is 0 Å². The number of anilines is 1. The van der Waals surface area contributed by atoms with Crippen LogP contribution >= 0.6 is 0 Å². The Bertz CT molecular complexity index is 503. The number of amides is 1. The van der Waals surface area contributed by atoms with Crippen molar-refractivity contribution < 1.29 is 14.3 Å². The monoisotopic (exact) mass is 320 g/mol. The Hall–Kier alpha value is -1.62. The fraction of sp³-hybridized carbons (Fsp3) is 0.667. The Morgan fingerprint density at radius 3 is 2.87 bits per heavy atom. The van der Waals surface area contributed by atoms with Gasteiger partial charge in [0.05, 0.1) is 18.5 Å². The first-order valence-corrected chi connectivity index (χ1v) is 8.64. The zero-order valence-corrected chi connectivity index (χ0v) is 14.4. The predicted molar refractivity (Wildman–Crippen MR) is 90.6 cm³/mol. The number of hydrogen-bond donors (Lipinski definition) is 1. The summed E-state index contributed by atoms with van der Waals surface area (Å²) < 4.78 is 11.3. The number of aromatic nitrogens is 1. The van der Waals surface area contributed by atoms with Gasteiger partial charge in [-0.25, -0.2) is 4.98 Å². The van der Waals surface area contributed by atoms with Crippen LogP contribution in [0, 0.1) is 5.92 Å². The molecule has 1 heterocycles. The van der Waals surface area contributed by atoms with Gasteiger partial charge in [0.1, 0.15) is 5.60 Å². The maximum atomic E-state index is 12.9. The lowest BCUT2D eigenvalue weighted by Gasteiger charge is -2.38. The SMILES string of the molecule is CCCO[C@]1(C(=O)Nc2ccc(OCC)nc2)CCC[C@H](C)C1. The van der Waals surface area contributed by atoms with Crippen molar-refractivity contribution >= 4 is 11.6 Å². The second-order valence-corrected chi connectivity index (χ2v) is 6.32. The van der Waals surface area contributed by atoms with Crippen LogP contribution in [-0.2, 0) is 9.53 Å². The van der Waals surface area contributed by atoms with E-state index in [1.807, 2.05) is 13.0 Å². The van der Waals surface area contributed by atoms with E-state index in [0.29, 0.717) is 30.7 Å². The molecular formula is C18H28N2O3. The molecule has 1 amide bonds. The second kappa shape index (κ2) is 8.29. The van der Waals surface area contributed by atoms with E-state index in [0.717, 1.165) is 32.1 Å². The quantitative estimate of drug-likeness (QED) is 0.830. The molecule has 0 radical (unpaired) electrons. The van der Waals surface area contributed by atoms with Crippen molar-refractivity contribution in [3.63, 3.8) is 0 Å². The molecule has 0 aliphatic heterocycles. The zero-order chi connectivity index (χ0) is 16.7. The number of nitrogens with one attached hydrogen (secondary N) is 1. The van der Waals surface area contributed by atoms with Gasteiger partial charge in [0.15, 0.2) is 0 Å². The lowest BCUT2D eigenvalue weighted by atomic mass is 9.78. The average molecular weight is 320 g/mol. The van der Waals surface area contributed by atoms with Gasteiger partial charge in [0, 0.05) is 12.7 Å². The minimum atomic E-state index is -0.702. The Morgan fingerprint density at radius 1 is 1.43 bits per heavy atom.